The maximum absolute atomic E-state index is 6.07. The molecule has 0 saturated heterocycles. The van der Waals surface area contributed by atoms with E-state index in [0.29, 0.717) is 0 Å². The number of benzene rings is 2. The van der Waals surface area contributed by atoms with E-state index in [4.69, 9.17) is 5.73 Å². The van der Waals surface area contributed by atoms with Gasteiger partial charge in [0.1, 0.15) is 0 Å². The summed E-state index contributed by atoms with van der Waals surface area (Å²) in [6.07, 6.45) is 1.77. The van der Waals surface area contributed by atoms with Gasteiger partial charge in [-0.05, 0) is 24.6 Å². The number of aromatic nitrogens is 2. The summed E-state index contributed by atoms with van der Waals surface area (Å²) in [4.78, 5) is 0. The summed E-state index contributed by atoms with van der Waals surface area (Å²) >= 11 is 0. The van der Waals surface area contributed by atoms with Gasteiger partial charge < -0.3 is 11.1 Å². The van der Waals surface area contributed by atoms with E-state index in [2.05, 4.69) is 34.6 Å². The molecule has 1 unspecified atom stereocenters. The molecule has 3 rings (SSSR count). The van der Waals surface area contributed by atoms with Crippen LogP contribution in [0.3, 0.4) is 0 Å². The molecule has 0 fully saturated rings. The number of aromatic amines is 1. The smallest absolute Gasteiger partial charge is 0.0672 e. The first-order chi connectivity index (χ1) is 9.24. The number of rotatable bonds is 3. The van der Waals surface area contributed by atoms with Gasteiger partial charge in [-0.25, -0.2) is 0 Å². The molecule has 4 heteroatoms. The molecule has 0 aliphatic heterocycles. The summed E-state index contributed by atoms with van der Waals surface area (Å²) in [5, 5.41) is 11.4. The molecule has 0 aliphatic carbocycles. The molecule has 96 valence electrons. The number of nitrogen functional groups attached to an aromatic ring is 1. The van der Waals surface area contributed by atoms with Crippen molar-refractivity contribution in [2.75, 3.05) is 11.1 Å². The van der Waals surface area contributed by atoms with Crippen molar-refractivity contribution in [2.24, 2.45) is 0 Å². The zero-order valence-electron chi connectivity index (χ0n) is 10.7. The Morgan fingerprint density at radius 1 is 1.21 bits per heavy atom. The minimum Gasteiger partial charge on any atom is -0.397 e. The standard InChI is InChI=1S/C15H16N4/c1-10(11-5-3-2-4-6-11)18-15-8-14-12(7-13(15)16)9-17-19-14/h2-10,18H,16H2,1H3,(H,17,19). The number of fused-ring (bicyclic) bond motifs is 1. The number of nitrogens with one attached hydrogen (secondary N) is 2. The minimum absolute atomic E-state index is 0.198. The van der Waals surface area contributed by atoms with Gasteiger partial charge in [0.05, 0.1) is 23.1 Å². The van der Waals surface area contributed by atoms with Gasteiger partial charge in [0.2, 0.25) is 0 Å². The van der Waals surface area contributed by atoms with Crippen molar-refractivity contribution >= 4 is 22.3 Å². The van der Waals surface area contributed by atoms with E-state index in [1.54, 1.807) is 6.20 Å². The second-order valence-corrected chi connectivity index (χ2v) is 4.67. The first-order valence-electron chi connectivity index (χ1n) is 6.28. The molecule has 4 nitrogen and oxygen atoms in total. The Kier molecular flexibility index (Phi) is 2.83. The summed E-state index contributed by atoms with van der Waals surface area (Å²) < 4.78 is 0. The minimum atomic E-state index is 0.198. The molecule has 4 N–H and O–H groups in total. The molecule has 0 saturated carbocycles. The molecule has 0 radical (unpaired) electrons. The lowest BCUT2D eigenvalue weighted by Gasteiger charge is -2.17. The van der Waals surface area contributed by atoms with E-state index in [1.807, 2.05) is 30.3 Å². The van der Waals surface area contributed by atoms with Gasteiger partial charge in [-0.2, -0.15) is 5.10 Å². The van der Waals surface area contributed by atoms with Crippen molar-refractivity contribution in [2.45, 2.75) is 13.0 Å². The van der Waals surface area contributed by atoms with Crippen LogP contribution in [0.5, 0.6) is 0 Å². The normalized spacial score (nSPS) is 12.5. The van der Waals surface area contributed by atoms with Crippen molar-refractivity contribution in [3.63, 3.8) is 0 Å². The van der Waals surface area contributed by atoms with Gasteiger partial charge in [0.15, 0.2) is 0 Å². The number of nitrogens with two attached hydrogens (primary N) is 1. The van der Waals surface area contributed by atoms with Crippen molar-refractivity contribution in [3.05, 3.63) is 54.2 Å². The second-order valence-electron chi connectivity index (χ2n) is 4.67. The lowest BCUT2D eigenvalue weighted by molar-refractivity contribution is 0.886. The van der Waals surface area contributed by atoms with Gasteiger partial charge in [0.25, 0.3) is 0 Å². The molecule has 0 bridgehead atoms. The maximum Gasteiger partial charge on any atom is 0.0672 e. The van der Waals surface area contributed by atoms with Crippen molar-refractivity contribution in [1.29, 1.82) is 0 Å². The number of hydrogen-bond acceptors (Lipinski definition) is 3. The summed E-state index contributed by atoms with van der Waals surface area (Å²) in [6, 6.07) is 14.4. The Morgan fingerprint density at radius 2 is 2.00 bits per heavy atom. The van der Waals surface area contributed by atoms with E-state index in [0.717, 1.165) is 22.3 Å². The largest absolute Gasteiger partial charge is 0.397 e. The fourth-order valence-electron chi connectivity index (χ4n) is 2.19. The van der Waals surface area contributed by atoms with E-state index >= 15 is 0 Å². The van der Waals surface area contributed by atoms with Crippen LogP contribution in [-0.2, 0) is 0 Å². The molecule has 1 atom stereocenters. The Bertz CT molecular complexity index is 688. The lowest BCUT2D eigenvalue weighted by atomic mass is 10.1. The summed E-state index contributed by atoms with van der Waals surface area (Å²) in [7, 11) is 0. The average molecular weight is 252 g/mol. The van der Waals surface area contributed by atoms with Crippen LogP contribution >= 0.6 is 0 Å². The Morgan fingerprint density at radius 3 is 2.79 bits per heavy atom. The van der Waals surface area contributed by atoms with E-state index < -0.39 is 0 Å². The van der Waals surface area contributed by atoms with Crippen LogP contribution in [0.2, 0.25) is 0 Å². The highest BCUT2D eigenvalue weighted by Gasteiger charge is 2.08. The topological polar surface area (TPSA) is 66.7 Å². The monoisotopic (exact) mass is 252 g/mol. The molecule has 0 amide bonds. The molecular formula is C15H16N4. The highest BCUT2D eigenvalue weighted by molar-refractivity contribution is 5.88. The number of anilines is 2. The highest BCUT2D eigenvalue weighted by atomic mass is 15.1. The molecule has 1 aromatic heterocycles. The highest BCUT2D eigenvalue weighted by Crippen LogP contribution is 2.28. The van der Waals surface area contributed by atoms with Gasteiger partial charge in [-0.3, -0.25) is 5.10 Å². The van der Waals surface area contributed by atoms with Crippen LogP contribution in [0.4, 0.5) is 11.4 Å². The third-order valence-electron chi connectivity index (χ3n) is 3.28. The third kappa shape index (κ3) is 2.25. The molecule has 2 aromatic carbocycles. The zero-order valence-corrected chi connectivity index (χ0v) is 10.7. The first kappa shape index (κ1) is 11.6. The SMILES string of the molecule is CC(Nc1cc2[nH]ncc2cc1N)c1ccccc1. The van der Waals surface area contributed by atoms with Crippen molar-refractivity contribution < 1.29 is 0 Å². The summed E-state index contributed by atoms with van der Waals surface area (Å²) in [5.74, 6) is 0. The quantitative estimate of drug-likeness (QED) is 0.626. The van der Waals surface area contributed by atoms with Crippen molar-refractivity contribution in [1.82, 2.24) is 10.2 Å². The van der Waals surface area contributed by atoms with Gasteiger partial charge in [0, 0.05) is 11.4 Å². The molecule has 3 aromatic rings. The Labute approximate surface area is 111 Å². The average Bonchev–Trinajstić information content (AvgIpc) is 2.87. The van der Waals surface area contributed by atoms with Crippen LogP contribution in [-0.4, -0.2) is 10.2 Å². The Hall–Kier alpha value is -2.49. The molecular weight excluding hydrogens is 236 g/mol. The summed E-state index contributed by atoms with van der Waals surface area (Å²) in [5.41, 5.74) is 9.94. The second kappa shape index (κ2) is 4.65. The fraction of sp³-hybridized carbons (Fsp3) is 0.133. The molecule has 1 heterocycles. The van der Waals surface area contributed by atoms with Gasteiger partial charge in [-0.15, -0.1) is 0 Å². The van der Waals surface area contributed by atoms with E-state index in [1.165, 1.54) is 5.56 Å². The predicted octanol–water partition coefficient (Wildman–Crippen LogP) is 3.32. The van der Waals surface area contributed by atoms with Gasteiger partial charge in [-0.1, -0.05) is 30.3 Å². The van der Waals surface area contributed by atoms with Crippen molar-refractivity contribution in [3.8, 4) is 0 Å². The van der Waals surface area contributed by atoms with Crippen LogP contribution in [0.1, 0.15) is 18.5 Å². The zero-order chi connectivity index (χ0) is 13.2. The fourth-order valence-corrected chi connectivity index (χ4v) is 2.19. The molecule has 0 spiro atoms. The number of hydrogen-bond donors (Lipinski definition) is 3. The Balaban J connectivity index is 1.90. The number of H-pyrrole nitrogens is 1. The molecule has 19 heavy (non-hydrogen) atoms. The lowest BCUT2D eigenvalue weighted by Crippen LogP contribution is -2.08. The maximum atomic E-state index is 6.07. The van der Waals surface area contributed by atoms with Crippen LogP contribution in [0, 0.1) is 0 Å². The third-order valence-corrected chi connectivity index (χ3v) is 3.28. The number of nitrogens with zero attached hydrogens (tertiary/aromatic N) is 1. The summed E-state index contributed by atoms with van der Waals surface area (Å²) in [6.45, 7) is 2.12. The molecule has 0 aliphatic rings. The van der Waals surface area contributed by atoms with E-state index in [9.17, 15) is 0 Å². The first-order valence-corrected chi connectivity index (χ1v) is 6.28. The predicted molar refractivity (Wildman–Crippen MR) is 79.0 cm³/mol. The van der Waals surface area contributed by atoms with Gasteiger partial charge >= 0.3 is 0 Å². The van der Waals surface area contributed by atoms with Crippen LogP contribution in [0.25, 0.3) is 10.9 Å². The van der Waals surface area contributed by atoms with E-state index in [-0.39, 0.29) is 6.04 Å². The van der Waals surface area contributed by atoms with Crippen LogP contribution in [0.15, 0.2) is 48.7 Å². The van der Waals surface area contributed by atoms with Crippen LogP contribution < -0.4 is 11.1 Å².